The average Bonchev–Trinajstić information content (AvgIpc) is 2.46. The molecule has 0 atom stereocenters. The van der Waals surface area contributed by atoms with Crippen LogP contribution >= 0.6 is 0 Å². The summed E-state index contributed by atoms with van der Waals surface area (Å²) < 4.78 is 0. The first-order chi connectivity index (χ1) is 8.93. The minimum Gasteiger partial charge on any atom is -0.379 e. The molecule has 0 aliphatic rings. The Hall–Kier alpha value is -2.42. The van der Waals surface area contributed by atoms with E-state index in [2.05, 4.69) is 27.4 Å². The van der Waals surface area contributed by atoms with Crippen molar-refractivity contribution in [2.75, 3.05) is 5.32 Å². The van der Waals surface area contributed by atoms with E-state index in [-0.39, 0.29) is 0 Å². The number of hydrogen-bond donors (Lipinski definition) is 1. The van der Waals surface area contributed by atoms with Crippen molar-refractivity contribution in [3.63, 3.8) is 0 Å². The van der Waals surface area contributed by atoms with Crippen molar-refractivity contribution < 1.29 is 0 Å². The van der Waals surface area contributed by atoms with Crippen LogP contribution in [-0.4, -0.2) is 9.97 Å². The molecule has 3 rings (SSSR count). The third-order valence-electron chi connectivity index (χ3n) is 2.82. The Morgan fingerprint density at radius 2 is 1.67 bits per heavy atom. The van der Waals surface area contributed by atoms with Gasteiger partial charge in [-0.05, 0) is 17.7 Å². The van der Waals surface area contributed by atoms with Gasteiger partial charge in [0.25, 0.3) is 0 Å². The van der Waals surface area contributed by atoms with Gasteiger partial charge in [-0.3, -0.25) is 9.97 Å². The van der Waals surface area contributed by atoms with E-state index in [0.717, 1.165) is 23.3 Å². The number of fused-ring (bicyclic) bond motifs is 1. The minimum atomic E-state index is 0.788. The molecule has 1 N–H and O–H groups in total. The highest BCUT2D eigenvalue weighted by Gasteiger charge is 2.01. The average molecular weight is 235 g/mol. The lowest BCUT2D eigenvalue weighted by Gasteiger charge is -2.08. The standard InChI is InChI=1S/C15H13N3/c1-2-5-12(6-3-1)11-18-14-8-4-7-13-15(14)17-10-9-16-13/h1-10,18H,11H2. The molecule has 0 bridgehead atoms. The van der Waals surface area contributed by atoms with Gasteiger partial charge in [-0.2, -0.15) is 0 Å². The number of rotatable bonds is 3. The summed E-state index contributed by atoms with van der Waals surface area (Å²) in [7, 11) is 0. The molecular formula is C15H13N3. The van der Waals surface area contributed by atoms with Crippen molar-refractivity contribution in [1.82, 2.24) is 9.97 Å². The van der Waals surface area contributed by atoms with Crippen LogP contribution in [0.5, 0.6) is 0 Å². The first kappa shape index (κ1) is 10.7. The van der Waals surface area contributed by atoms with Crippen LogP contribution in [0.4, 0.5) is 5.69 Å². The SMILES string of the molecule is c1ccc(CNc2cccc3nccnc23)cc1. The number of nitrogens with zero attached hydrogens (tertiary/aromatic N) is 2. The van der Waals surface area contributed by atoms with Crippen LogP contribution < -0.4 is 5.32 Å². The van der Waals surface area contributed by atoms with Crippen molar-refractivity contribution in [1.29, 1.82) is 0 Å². The molecule has 3 heteroatoms. The summed E-state index contributed by atoms with van der Waals surface area (Å²) in [5.41, 5.74) is 4.09. The lowest BCUT2D eigenvalue weighted by Crippen LogP contribution is -2.00. The van der Waals surface area contributed by atoms with Crippen molar-refractivity contribution in [3.8, 4) is 0 Å². The highest BCUT2D eigenvalue weighted by molar-refractivity contribution is 5.87. The molecule has 1 heterocycles. The van der Waals surface area contributed by atoms with Crippen molar-refractivity contribution in [3.05, 3.63) is 66.5 Å². The van der Waals surface area contributed by atoms with Gasteiger partial charge in [-0.25, -0.2) is 0 Å². The zero-order chi connectivity index (χ0) is 12.2. The maximum atomic E-state index is 4.37. The van der Waals surface area contributed by atoms with E-state index in [1.54, 1.807) is 12.4 Å². The molecule has 3 nitrogen and oxygen atoms in total. The molecule has 0 unspecified atom stereocenters. The van der Waals surface area contributed by atoms with E-state index in [1.165, 1.54) is 5.56 Å². The summed E-state index contributed by atoms with van der Waals surface area (Å²) >= 11 is 0. The summed E-state index contributed by atoms with van der Waals surface area (Å²) in [5.74, 6) is 0. The molecule has 0 saturated carbocycles. The van der Waals surface area contributed by atoms with Crippen LogP contribution in [-0.2, 0) is 6.54 Å². The number of nitrogens with one attached hydrogen (secondary N) is 1. The van der Waals surface area contributed by atoms with Crippen LogP contribution in [0.2, 0.25) is 0 Å². The first-order valence-corrected chi connectivity index (χ1v) is 5.91. The van der Waals surface area contributed by atoms with Crippen molar-refractivity contribution in [2.24, 2.45) is 0 Å². The van der Waals surface area contributed by atoms with Crippen LogP contribution in [0.25, 0.3) is 11.0 Å². The Balaban J connectivity index is 1.87. The maximum Gasteiger partial charge on any atom is 0.112 e. The Morgan fingerprint density at radius 3 is 2.56 bits per heavy atom. The van der Waals surface area contributed by atoms with Gasteiger partial charge in [0.05, 0.1) is 11.2 Å². The molecule has 88 valence electrons. The summed E-state index contributed by atoms with van der Waals surface area (Å²) in [5, 5.41) is 3.40. The topological polar surface area (TPSA) is 37.8 Å². The molecule has 2 aromatic carbocycles. The molecule has 0 aliphatic heterocycles. The van der Waals surface area contributed by atoms with E-state index in [1.807, 2.05) is 36.4 Å². The van der Waals surface area contributed by atoms with Crippen LogP contribution in [0.1, 0.15) is 5.56 Å². The number of anilines is 1. The predicted octanol–water partition coefficient (Wildman–Crippen LogP) is 3.24. The molecule has 0 spiro atoms. The van der Waals surface area contributed by atoms with E-state index in [4.69, 9.17) is 0 Å². The summed E-state index contributed by atoms with van der Waals surface area (Å²) in [6.07, 6.45) is 3.43. The second-order valence-electron chi connectivity index (χ2n) is 4.07. The predicted molar refractivity (Wildman–Crippen MR) is 73.3 cm³/mol. The fraction of sp³-hybridized carbons (Fsp3) is 0.0667. The Labute approximate surface area is 106 Å². The van der Waals surface area contributed by atoms with Gasteiger partial charge in [0.1, 0.15) is 5.52 Å². The molecule has 0 saturated heterocycles. The third-order valence-corrected chi connectivity index (χ3v) is 2.82. The van der Waals surface area contributed by atoms with E-state index < -0.39 is 0 Å². The largest absolute Gasteiger partial charge is 0.379 e. The Bertz CT molecular complexity index is 645. The normalized spacial score (nSPS) is 10.4. The van der Waals surface area contributed by atoms with Gasteiger partial charge in [-0.1, -0.05) is 36.4 Å². The van der Waals surface area contributed by atoms with Gasteiger partial charge in [-0.15, -0.1) is 0 Å². The fourth-order valence-electron chi connectivity index (χ4n) is 1.93. The van der Waals surface area contributed by atoms with Gasteiger partial charge < -0.3 is 5.32 Å². The van der Waals surface area contributed by atoms with E-state index in [0.29, 0.717) is 0 Å². The quantitative estimate of drug-likeness (QED) is 0.757. The first-order valence-electron chi connectivity index (χ1n) is 5.91. The smallest absolute Gasteiger partial charge is 0.112 e. The molecule has 1 aromatic heterocycles. The lowest BCUT2D eigenvalue weighted by atomic mass is 10.2. The monoisotopic (exact) mass is 235 g/mol. The molecule has 3 aromatic rings. The lowest BCUT2D eigenvalue weighted by molar-refractivity contribution is 1.15. The number of benzene rings is 2. The van der Waals surface area contributed by atoms with Crippen LogP contribution in [0.15, 0.2) is 60.9 Å². The molecule has 18 heavy (non-hydrogen) atoms. The molecule has 0 radical (unpaired) electrons. The van der Waals surface area contributed by atoms with E-state index >= 15 is 0 Å². The number of hydrogen-bond acceptors (Lipinski definition) is 3. The third kappa shape index (κ3) is 2.15. The summed E-state index contributed by atoms with van der Waals surface area (Å²) in [6, 6.07) is 16.3. The van der Waals surface area contributed by atoms with Gasteiger partial charge in [0, 0.05) is 18.9 Å². The maximum absolute atomic E-state index is 4.37. The molecular weight excluding hydrogens is 222 g/mol. The van der Waals surface area contributed by atoms with E-state index in [9.17, 15) is 0 Å². The number of aromatic nitrogens is 2. The highest BCUT2D eigenvalue weighted by atomic mass is 14.9. The second kappa shape index (κ2) is 4.84. The van der Waals surface area contributed by atoms with Crippen molar-refractivity contribution in [2.45, 2.75) is 6.54 Å². The number of para-hydroxylation sites is 1. The molecule has 0 amide bonds. The van der Waals surface area contributed by atoms with Gasteiger partial charge in [0.2, 0.25) is 0 Å². The molecule has 0 fully saturated rings. The summed E-state index contributed by atoms with van der Waals surface area (Å²) in [4.78, 5) is 8.66. The highest BCUT2D eigenvalue weighted by Crippen LogP contribution is 2.19. The second-order valence-corrected chi connectivity index (χ2v) is 4.07. The Kier molecular flexibility index (Phi) is 2.88. The zero-order valence-corrected chi connectivity index (χ0v) is 9.88. The van der Waals surface area contributed by atoms with Crippen LogP contribution in [0.3, 0.4) is 0 Å². The van der Waals surface area contributed by atoms with Gasteiger partial charge in [0.15, 0.2) is 0 Å². The van der Waals surface area contributed by atoms with Gasteiger partial charge >= 0.3 is 0 Å². The van der Waals surface area contributed by atoms with Crippen molar-refractivity contribution >= 4 is 16.7 Å². The summed E-state index contributed by atoms with van der Waals surface area (Å²) in [6.45, 7) is 0.788. The zero-order valence-electron chi connectivity index (χ0n) is 9.88. The molecule has 0 aliphatic carbocycles. The Morgan fingerprint density at radius 1 is 0.833 bits per heavy atom. The van der Waals surface area contributed by atoms with Crippen LogP contribution in [0, 0.1) is 0 Å². The fourth-order valence-corrected chi connectivity index (χ4v) is 1.93. The minimum absolute atomic E-state index is 0.788.